The number of likely N-dealkylation sites (tertiary alicyclic amines) is 1. The van der Waals surface area contributed by atoms with Crippen LogP contribution in [0.15, 0.2) is 0 Å². The maximum atomic E-state index is 12.1. The molecule has 0 spiro atoms. The Labute approximate surface area is 104 Å². The van der Waals surface area contributed by atoms with Crippen LogP contribution in [0.5, 0.6) is 0 Å². The van der Waals surface area contributed by atoms with Gasteiger partial charge in [-0.3, -0.25) is 4.79 Å². The highest BCUT2D eigenvalue weighted by Gasteiger charge is 2.23. The molecule has 0 aromatic carbocycles. The highest BCUT2D eigenvalue weighted by molar-refractivity contribution is 5.76. The van der Waals surface area contributed by atoms with Crippen LogP contribution in [0.1, 0.15) is 32.6 Å². The van der Waals surface area contributed by atoms with Gasteiger partial charge in [0.15, 0.2) is 0 Å². The molecule has 4 heteroatoms. The van der Waals surface area contributed by atoms with Crippen molar-refractivity contribution in [2.24, 2.45) is 5.92 Å². The molecule has 98 valence electrons. The number of ether oxygens (including phenoxy) is 1. The molecule has 2 saturated heterocycles. The number of rotatable bonds is 2. The molecule has 2 aliphatic rings. The fourth-order valence-electron chi connectivity index (χ4n) is 2.59. The molecule has 0 aliphatic carbocycles. The maximum absolute atomic E-state index is 12.1. The molecule has 0 saturated carbocycles. The molecule has 2 rings (SSSR count). The minimum Gasteiger partial charge on any atom is -0.375 e. The monoisotopic (exact) mass is 240 g/mol. The molecule has 0 aromatic rings. The molecule has 4 nitrogen and oxygen atoms in total. The van der Waals surface area contributed by atoms with Crippen LogP contribution in [0.2, 0.25) is 0 Å². The third-order valence-electron chi connectivity index (χ3n) is 3.78. The van der Waals surface area contributed by atoms with Crippen LogP contribution >= 0.6 is 0 Å². The van der Waals surface area contributed by atoms with Crippen molar-refractivity contribution in [1.82, 2.24) is 10.2 Å². The van der Waals surface area contributed by atoms with E-state index in [9.17, 15) is 4.79 Å². The van der Waals surface area contributed by atoms with Gasteiger partial charge in [-0.25, -0.2) is 0 Å². The summed E-state index contributed by atoms with van der Waals surface area (Å²) in [6.07, 6.45) is 4.18. The van der Waals surface area contributed by atoms with E-state index in [1.165, 1.54) is 6.42 Å². The zero-order valence-corrected chi connectivity index (χ0v) is 10.8. The van der Waals surface area contributed by atoms with Gasteiger partial charge < -0.3 is 15.0 Å². The Kier molecular flexibility index (Phi) is 4.80. The molecule has 17 heavy (non-hydrogen) atoms. The predicted molar refractivity (Wildman–Crippen MR) is 66.8 cm³/mol. The van der Waals surface area contributed by atoms with E-state index in [2.05, 4.69) is 12.2 Å². The van der Waals surface area contributed by atoms with Gasteiger partial charge in [0, 0.05) is 26.2 Å². The van der Waals surface area contributed by atoms with Crippen LogP contribution < -0.4 is 5.32 Å². The molecule has 0 bridgehead atoms. The number of nitrogens with one attached hydrogen (secondary N) is 1. The summed E-state index contributed by atoms with van der Waals surface area (Å²) in [7, 11) is 0. The second-order valence-corrected chi connectivity index (χ2v) is 5.32. The van der Waals surface area contributed by atoms with Crippen molar-refractivity contribution in [1.29, 1.82) is 0 Å². The van der Waals surface area contributed by atoms with Gasteiger partial charge in [0.1, 0.15) is 0 Å². The van der Waals surface area contributed by atoms with E-state index < -0.39 is 0 Å². The number of morpholine rings is 1. The highest BCUT2D eigenvalue weighted by Crippen LogP contribution is 2.17. The van der Waals surface area contributed by atoms with Crippen LogP contribution in [0, 0.1) is 5.92 Å². The summed E-state index contributed by atoms with van der Waals surface area (Å²) >= 11 is 0. The van der Waals surface area contributed by atoms with Crippen molar-refractivity contribution < 1.29 is 9.53 Å². The van der Waals surface area contributed by atoms with Crippen LogP contribution in [-0.2, 0) is 9.53 Å². The Balaban J connectivity index is 1.77. The first-order chi connectivity index (χ1) is 8.25. The van der Waals surface area contributed by atoms with Gasteiger partial charge in [0.2, 0.25) is 5.91 Å². The van der Waals surface area contributed by atoms with Crippen molar-refractivity contribution in [2.75, 3.05) is 32.8 Å². The molecule has 2 aliphatic heterocycles. The van der Waals surface area contributed by atoms with Gasteiger partial charge in [0.25, 0.3) is 0 Å². The molecule has 1 N–H and O–H groups in total. The lowest BCUT2D eigenvalue weighted by Gasteiger charge is -2.26. The molecule has 1 amide bonds. The molecule has 2 unspecified atom stereocenters. The molecule has 0 radical (unpaired) electrons. The number of carbonyl (C=O) groups is 1. The van der Waals surface area contributed by atoms with E-state index in [0.717, 1.165) is 51.5 Å². The summed E-state index contributed by atoms with van der Waals surface area (Å²) < 4.78 is 5.58. The first-order valence-electron chi connectivity index (χ1n) is 6.86. The van der Waals surface area contributed by atoms with E-state index in [0.29, 0.717) is 6.42 Å². The molecule has 2 heterocycles. The van der Waals surface area contributed by atoms with Crippen molar-refractivity contribution in [3.63, 3.8) is 0 Å². The fraction of sp³-hybridized carbons (Fsp3) is 0.923. The number of nitrogens with zero attached hydrogens (tertiary/aromatic N) is 1. The van der Waals surface area contributed by atoms with Crippen molar-refractivity contribution in [3.05, 3.63) is 0 Å². The quantitative estimate of drug-likeness (QED) is 0.783. The molecule has 2 atom stereocenters. The number of hydrogen-bond acceptors (Lipinski definition) is 3. The van der Waals surface area contributed by atoms with Gasteiger partial charge in [-0.1, -0.05) is 6.92 Å². The minimum atomic E-state index is 0.0805. The minimum absolute atomic E-state index is 0.0805. The summed E-state index contributed by atoms with van der Waals surface area (Å²) in [5.74, 6) is 1.04. The van der Waals surface area contributed by atoms with E-state index in [1.807, 2.05) is 4.90 Å². The zero-order valence-electron chi connectivity index (χ0n) is 10.8. The smallest absolute Gasteiger partial charge is 0.225 e. The SMILES string of the molecule is CC1CCCN(C(=O)CC2CNCCO2)CC1. The summed E-state index contributed by atoms with van der Waals surface area (Å²) in [5, 5.41) is 3.27. The molecule has 0 aromatic heterocycles. The standard InChI is InChI=1S/C13H24N2O2/c1-11-3-2-6-15(7-4-11)13(16)9-12-10-14-5-8-17-12/h11-12,14H,2-10H2,1H3. The van der Waals surface area contributed by atoms with Gasteiger partial charge in [-0.05, 0) is 25.2 Å². The van der Waals surface area contributed by atoms with Gasteiger partial charge in [0.05, 0.1) is 19.1 Å². The molecule has 2 fully saturated rings. The molecular weight excluding hydrogens is 216 g/mol. The van der Waals surface area contributed by atoms with Crippen molar-refractivity contribution in [2.45, 2.75) is 38.7 Å². The normalized spacial score (nSPS) is 31.0. The van der Waals surface area contributed by atoms with E-state index in [1.54, 1.807) is 0 Å². The Hall–Kier alpha value is -0.610. The lowest BCUT2D eigenvalue weighted by molar-refractivity contribution is -0.134. The second kappa shape index (κ2) is 6.36. The van der Waals surface area contributed by atoms with Crippen LogP contribution in [0.4, 0.5) is 0 Å². The number of amides is 1. The summed E-state index contributed by atoms with van der Waals surface area (Å²) in [6.45, 7) is 6.60. The summed E-state index contributed by atoms with van der Waals surface area (Å²) in [5.41, 5.74) is 0. The Morgan fingerprint density at radius 1 is 1.41 bits per heavy atom. The second-order valence-electron chi connectivity index (χ2n) is 5.32. The Morgan fingerprint density at radius 2 is 2.29 bits per heavy atom. The summed E-state index contributed by atoms with van der Waals surface area (Å²) in [4.78, 5) is 14.2. The predicted octanol–water partition coefficient (Wildman–Crippen LogP) is 1.01. The van der Waals surface area contributed by atoms with Gasteiger partial charge in [-0.15, -0.1) is 0 Å². The van der Waals surface area contributed by atoms with Crippen LogP contribution in [0.25, 0.3) is 0 Å². The van der Waals surface area contributed by atoms with Crippen molar-refractivity contribution in [3.8, 4) is 0 Å². The average molecular weight is 240 g/mol. The van der Waals surface area contributed by atoms with E-state index >= 15 is 0 Å². The third kappa shape index (κ3) is 3.96. The van der Waals surface area contributed by atoms with Gasteiger partial charge >= 0.3 is 0 Å². The van der Waals surface area contributed by atoms with E-state index in [-0.39, 0.29) is 12.0 Å². The van der Waals surface area contributed by atoms with E-state index in [4.69, 9.17) is 4.74 Å². The van der Waals surface area contributed by atoms with Crippen molar-refractivity contribution >= 4 is 5.91 Å². The van der Waals surface area contributed by atoms with Gasteiger partial charge in [-0.2, -0.15) is 0 Å². The highest BCUT2D eigenvalue weighted by atomic mass is 16.5. The number of hydrogen-bond donors (Lipinski definition) is 1. The maximum Gasteiger partial charge on any atom is 0.225 e. The van der Waals surface area contributed by atoms with Crippen LogP contribution in [-0.4, -0.2) is 49.7 Å². The fourth-order valence-corrected chi connectivity index (χ4v) is 2.59. The Morgan fingerprint density at radius 3 is 3.06 bits per heavy atom. The third-order valence-corrected chi connectivity index (χ3v) is 3.78. The zero-order chi connectivity index (χ0) is 12.1. The first kappa shape index (κ1) is 12.8. The largest absolute Gasteiger partial charge is 0.375 e. The average Bonchev–Trinajstić information content (AvgIpc) is 2.55. The lowest BCUT2D eigenvalue weighted by atomic mass is 10.0. The lowest BCUT2D eigenvalue weighted by Crippen LogP contribution is -2.42. The summed E-state index contributed by atoms with van der Waals surface area (Å²) in [6, 6.07) is 0. The Bertz CT molecular complexity index is 252. The molecular formula is C13H24N2O2. The number of carbonyl (C=O) groups excluding carboxylic acids is 1. The first-order valence-corrected chi connectivity index (χ1v) is 6.86. The van der Waals surface area contributed by atoms with Crippen LogP contribution in [0.3, 0.4) is 0 Å². The topological polar surface area (TPSA) is 41.6 Å².